The lowest BCUT2D eigenvalue weighted by Crippen LogP contribution is -2.35. The van der Waals surface area contributed by atoms with Crippen molar-refractivity contribution in [2.75, 3.05) is 19.7 Å². The highest BCUT2D eigenvalue weighted by molar-refractivity contribution is 5.77. The van der Waals surface area contributed by atoms with E-state index in [-0.39, 0.29) is 31.3 Å². The molecule has 0 fully saturated rings. The van der Waals surface area contributed by atoms with Gasteiger partial charge < -0.3 is 15.1 Å². The maximum atomic E-state index is 12.0. The number of hydrogen-bond donors (Lipinski definition) is 2. The van der Waals surface area contributed by atoms with Crippen molar-refractivity contribution in [3.8, 4) is 0 Å². The van der Waals surface area contributed by atoms with Gasteiger partial charge in [-0.2, -0.15) is 0 Å². The van der Waals surface area contributed by atoms with Crippen molar-refractivity contribution in [3.63, 3.8) is 0 Å². The molecule has 112 valence electrons. The highest BCUT2D eigenvalue weighted by Crippen LogP contribution is 2.11. The van der Waals surface area contributed by atoms with Gasteiger partial charge in [-0.15, -0.1) is 0 Å². The van der Waals surface area contributed by atoms with E-state index in [4.69, 9.17) is 10.2 Å². The van der Waals surface area contributed by atoms with E-state index in [1.807, 2.05) is 0 Å². The first-order valence-electron chi connectivity index (χ1n) is 7.11. The van der Waals surface area contributed by atoms with E-state index >= 15 is 0 Å². The van der Waals surface area contributed by atoms with Gasteiger partial charge in [-0.3, -0.25) is 9.59 Å². The summed E-state index contributed by atoms with van der Waals surface area (Å²) in [5.74, 6) is -1.10. The topological polar surface area (TPSA) is 77.8 Å². The molecule has 0 rings (SSSR count). The molecule has 0 aliphatic heterocycles. The largest absolute Gasteiger partial charge is 0.481 e. The lowest BCUT2D eigenvalue weighted by atomic mass is 10.0. The second-order valence-corrected chi connectivity index (χ2v) is 5.07. The maximum Gasteiger partial charge on any atom is 0.303 e. The summed E-state index contributed by atoms with van der Waals surface area (Å²) in [6.45, 7) is 4.83. The maximum absolute atomic E-state index is 12.0. The van der Waals surface area contributed by atoms with Crippen molar-refractivity contribution in [2.45, 2.75) is 52.4 Å². The van der Waals surface area contributed by atoms with E-state index < -0.39 is 5.97 Å². The molecule has 0 aromatic carbocycles. The molecule has 0 radical (unpaired) electrons. The Balaban J connectivity index is 4.12. The molecule has 1 atom stereocenters. The third kappa shape index (κ3) is 9.47. The average molecular weight is 273 g/mol. The van der Waals surface area contributed by atoms with Crippen LogP contribution in [0.4, 0.5) is 0 Å². The highest BCUT2D eigenvalue weighted by atomic mass is 16.4. The van der Waals surface area contributed by atoms with Crippen LogP contribution in [-0.4, -0.2) is 46.7 Å². The van der Waals surface area contributed by atoms with Gasteiger partial charge in [0, 0.05) is 25.9 Å². The number of carboxylic acids is 1. The minimum atomic E-state index is -0.878. The Morgan fingerprint density at radius 2 is 1.79 bits per heavy atom. The second kappa shape index (κ2) is 10.8. The first-order chi connectivity index (χ1) is 9.01. The molecular formula is C14H27NO4. The molecule has 0 bridgehead atoms. The van der Waals surface area contributed by atoms with E-state index in [2.05, 4.69) is 6.92 Å². The lowest BCUT2D eigenvalue weighted by molar-refractivity contribution is -0.138. The Morgan fingerprint density at radius 1 is 1.11 bits per heavy atom. The van der Waals surface area contributed by atoms with Crippen LogP contribution >= 0.6 is 0 Å². The summed E-state index contributed by atoms with van der Waals surface area (Å²) in [7, 11) is 0. The molecule has 0 aromatic rings. The number of carbonyl (C=O) groups is 2. The summed E-state index contributed by atoms with van der Waals surface area (Å²) in [5, 5.41) is 17.7. The molecule has 5 nitrogen and oxygen atoms in total. The Kier molecular flexibility index (Phi) is 10.2. The molecule has 2 N–H and O–H groups in total. The molecule has 1 unspecified atom stereocenters. The smallest absolute Gasteiger partial charge is 0.303 e. The Morgan fingerprint density at radius 3 is 2.32 bits per heavy atom. The van der Waals surface area contributed by atoms with Gasteiger partial charge in [0.2, 0.25) is 5.91 Å². The molecule has 0 aliphatic rings. The molecule has 1 amide bonds. The fourth-order valence-corrected chi connectivity index (χ4v) is 2.01. The van der Waals surface area contributed by atoms with E-state index in [0.29, 0.717) is 13.1 Å². The second-order valence-electron chi connectivity index (χ2n) is 5.07. The molecule has 0 saturated heterocycles. The summed E-state index contributed by atoms with van der Waals surface area (Å²) in [5.41, 5.74) is 0. The van der Waals surface area contributed by atoms with E-state index in [1.54, 1.807) is 11.8 Å². The van der Waals surface area contributed by atoms with Crippen LogP contribution in [0.5, 0.6) is 0 Å². The number of aliphatic carboxylic acids is 1. The van der Waals surface area contributed by atoms with Crippen molar-refractivity contribution in [3.05, 3.63) is 0 Å². The van der Waals surface area contributed by atoms with Crippen LogP contribution in [0.2, 0.25) is 0 Å². The normalized spacial score (nSPS) is 12.2. The fraction of sp³-hybridized carbons (Fsp3) is 0.857. The van der Waals surface area contributed by atoms with Gasteiger partial charge in [0.1, 0.15) is 0 Å². The van der Waals surface area contributed by atoms with Crippen molar-refractivity contribution in [1.82, 2.24) is 4.90 Å². The number of hydrogen-bond acceptors (Lipinski definition) is 3. The molecule has 0 heterocycles. The Hall–Kier alpha value is -1.10. The number of amides is 1. The Labute approximate surface area is 115 Å². The van der Waals surface area contributed by atoms with Gasteiger partial charge in [0.05, 0.1) is 6.61 Å². The van der Waals surface area contributed by atoms with Crippen LogP contribution in [0.3, 0.4) is 0 Å². The van der Waals surface area contributed by atoms with Crippen LogP contribution in [0.25, 0.3) is 0 Å². The number of aliphatic hydroxyl groups is 1. The number of aliphatic hydroxyl groups excluding tert-OH is 1. The molecule has 0 aliphatic carbocycles. The summed E-state index contributed by atoms with van der Waals surface area (Å²) in [6.07, 6.45) is 4.55. The highest BCUT2D eigenvalue weighted by Gasteiger charge is 2.17. The molecule has 19 heavy (non-hydrogen) atoms. The van der Waals surface area contributed by atoms with Crippen LogP contribution < -0.4 is 0 Å². The van der Waals surface area contributed by atoms with E-state index in [0.717, 1.165) is 25.7 Å². The number of carbonyl (C=O) groups excluding carboxylic acids is 1. The predicted molar refractivity (Wildman–Crippen MR) is 73.8 cm³/mol. The minimum Gasteiger partial charge on any atom is -0.481 e. The third-order valence-electron chi connectivity index (χ3n) is 3.05. The SMILES string of the molecule is CCCCCCN(CCO)C(=O)CC(C)CC(=O)O. The Bertz CT molecular complexity index is 268. The quantitative estimate of drug-likeness (QED) is 0.563. The zero-order valence-electron chi connectivity index (χ0n) is 12.1. The van der Waals surface area contributed by atoms with Crippen molar-refractivity contribution >= 4 is 11.9 Å². The third-order valence-corrected chi connectivity index (χ3v) is 3.05. The van der Waals surface area contributed by atoms with Crippen LogP contribution in [0.1, 0.15) is 52.4 Å². The first kappa shape index (κ1) is 17.9. The zero-order chi connectivity index (χ0) is 14.7. The monoisotopic (exact) mass is 273 g/mol. The zero-order valence-corrected chi connectivity index (χ0v) is 12.1. The average Bonchev–Trinajstić information content (AvgIpc) is 2.31. The molecule has 0 aromatic heterocycles. The number of carboxylic acid groups (broad SMARTS) is 1. The standard InChI is InChI=1S/C14H27NO4/c1-3-4-5-6-7-15(8-9-16)13(17)10-12(2)11-14(18)19/h12,16H,3-11H2,1-2H3,(H,18,19). The lowest BCUT2D eigenvalue weighted by Gasteiger charge is -2.23. The van der Waals surface area contributed by atoms with Gasteiger partial charge >= 0.3 is 5.97 Å². The molecular weight excluding hydrogens is 246 g/mol. The van der Waals surface area contributed by atoms with Gasteiger partial charge in [0.15, 0.2) is 0 Å². The van der Waals surface area contributed by atoms with Gasteiger partial charge in [-0.25, -0.2) is 0 Å². The molecule has 0 spiro atoms. The summed E-state index contributed by atoms with van der Waals surface area (Å²) in [4.78, 5) is 24.2. The van der Waals surface area contributed by atoms with Crippen LogP contribution in [-0.2, 0) is 9.59 Å². The minimum absolute atomic E-state index is 0.00847. The summed E-state index contributed by atoms with van der Waals surface area (Å²) < 4.78 is 0. The molecule has 0 saturated carbocycles. The number of rotatable bonds is 11. The van der Waals surface area contributed by atoms with Crippen LogP contribution in [0, 0.1) is 5.92 Å². The summed E-state index contributed by atoms with van der Waals surface area (Å²) >= 11 is 0. The predicted octanol–water partition coefficient (Wildman–Crippen LogP) is 1.89. The van der Waals surface area contributed by atoms with Crippen molar-refractivity contribution in [2.24, 2.45) is 5.92 Å². The molecule has 5 heteroatoms. The van der Waals surface area contributed by atoms with Crippen molar-refractivity contribution < 1.29 is 19.8 Å². The van der Waals surface area contributed by atoms with Crippen molar-refractivity contribution in [1.29, 1.82) is 0 Å². The first-order valence-corrected chi connectivity index (χ1v) is 7.11. The van der Waals surface area contributed by atoms with Gasteiger partial charge in [-0.05, 0) is 12.3 Å². The van der Waals surface area contributed by atoms with E-state index in [1.165, 1.54) is 0 Å². The van der Waals surface area contributed by atoms with Crippen LogP contribution in [0.15, 0.2) is 0 Å². The fourth-order valence-electron chi connectivity index (χ4n) is 2.01. The number of unbranched alkanes of at least 4 members (excludes halogenated alkanes) is 3. The number of nitrogens with zero attached hydrogens (tertiary/aromatic N) is 1. The van der Waals surface area contributed by atoms with Gasteiger partial charge in [-0.1, -0.05) is 33.1 Å². The van der Waals surface area contributed by atoms with Gasteiger partial charge in [0.25, 0.3) is 0 Å². The van der Waals surface area contributed by atoms with E-state index in [9.17, 15) is 9.59 Å². The summed E-state index contributed by atoms with van der Waals surface area (Å²) in [6, 6.07) is 0.